The molecule has 5 heteroatoms. The van der Waals surface area contributed by atoms with E-state index in [0.717, 1.165) is 0 Å². The second kappa shape index (κ2) is 7.53. The lowest BCUT2D eigenvalue weighted by molar-refractivity contribution is -0.129. The molecule has 1 rings (SSSR count). The summed E-state index contributed by atoms with van der Waals surface area (Å²) in [5.41, 5.74) is 1.16. The fourth-order valence-corrected chi connectivity index (χ4v) is 2.05. The summed E-state index contributed by atoms with van der Waals surface area (Å²) in [6.07, 6.45) is 0. The summed E-state index contributed by atoms with van der Waals surface area (Å²) in [7, 11) is 3.14. The zero-order chi connectivity index (χ0) is 15.1. The average molecular weight is 278 g/mol. The van der Waals surface area contributed by atoms with Gasteiger partial charge in [-0.2, -0.15) is 0 Å². The molecule has 0 aliphatic rings. The van der Waals surface area contributed by atoms with E-state index in [1.165, 1.54) is 7.11 Å². The first-order chi connectivity index (χ1) is 9.54. The molecule has 0 N–H and O–H groups in total. The van der Waals surface area contributed by atoms with Crippen LogP contribution in [0.2, 0.25) is 0 Å². The Kier molecular flexibility index (Phi) is 6.03. The van der Waals surface area contributed by atoms with E-state index in [2.05, 4.69) is 0 Å². The predicted octanol–water partition coefficient (Wildman–Crippen LogP) is 1.78. The number of para-hydroxylation sites is 1. The van der Waals surface area contributed by atoms with Gasteiger partial charge in [-0.3, -0.25) is 4.79 Å². The molecule has 0 fully saturated rings. The Morgan fingerprint density at radius 3 is 2.30 bits per heavy atom. The van der Waals surface area contributed by atoms with E-state index >= 15 is 0 Å². The highest BCUT2D eigenvalue weighted by Gasteiger charge is 2.18. The number of anilines is 1. The molecule has 0 unspecified atom stereocenters. The largest absolute Gasteiger partial charge is 0.465 e. The van der Waals surface area contributed by atoms with Gasteiger partial charge in [0.05, 0.1) is 24.9 Å². The third-order valence-corrected chi connectivity index (χ3v) is 3.21. The molecular formula is C15H22N2O3. The molecule has 0 bridgehead atoms. The summed E-state index contributed by atoms with van der Waals surface area (Å²) >= 11 is 0. The summed E-state index contributed by atoms with van der Waals surface area (Å²) in [4.78, 5) is 27.4. The number of hydrogen-bond donors (Lipinski definition) is 0. The highest BCUT2D eigenvalue weighted by atomic mass is 16.5. The van der Waals surface area contributed by atoms with Gasteiger partial charge < -0.3 is 14.5 Å². The van der Waals surface area contributed by atoms with Crippen LogP contribution in [0.3, 0.4) is 0 Å². The van der Waals surface area contributed by atoms with Crippen LogP contribution in [0.5, 0.6) is 0 Å². The molecular weight excluding hydrogens is 256 g/mol. The van der Waals surface area contributed by atoms with Gasteiger partial charge in [-0.05, 0) is 26.0 Å². The Bertz CT molecular complexity index is 470. The molecule has 110 valence electrons. The minimum atomic E-state index is -0.400. The molecule has 1 aromatic carbocycles. The maximum atomic E-state index is 12.1. The predicted molar refractivity (Wildman–Crippen MR) is 79.0 cm³/mol. The second-order valence-corrected chi connectivity index (χ2v) is 4.43. The first kappa shape index (κ1) is 16.0. The third-order valence-electron chi connectivity index (χ3n) is 3.21. The van der Waals surface area contributed by atoms with Gasteiger partial charge in [0.25, 0.3) is 0 Å². The molecule has 20 heavy (non-hydrogen) atoms. The van der Waals surface area contributed by atoms with Crippen molar-refractivity contribution < 1.29 is 14.3 Å². The topological polar surface area (TPSA) is 49.9 Å². The highest BCUT2D eigenvalue weighted by molar-refractivity contribution is 5.96. The second-order valence-electron chi connectivity index (χ2n) is 4.43. The fourth-order valence-electron chi connectivity index (χ4n) is 2.05. The smallest absolute Gasteiger partial charge is 0.339 e. The van der Waals surface area contributed by atoms with Crippen molar-refractivity contribution in [3.8, 4) is 0 Å². The molecule has 0 aliphatic heterocycles. The number of esters is 1. The van der Waals surface area contributed by atoms with Crippen molar-refractivity contribution in [2.45, 2.75) is 13.8 Å². The normalized spacial score (nSPS) is 10.0. The molecule has 0 saturated heterocycles. The molecule has 0 atom stereocenters. The Hall–Kier alpha value is -2.04. The van der Waals surface area contributed by atoms with E-state index in [0.29, 0.717) is 24.3 Å². The first-order valence-electron chi connectivity index (χ1n) is 6.71. The van der Waals surface area contributed by atoms with Crippen LogP contribution in [0, 0.1) is 0 Å². The first-order valence-corrected chi connectivity index (χ1v) is 6.71. The van der Waals surface area contributed by atoms with E-state index in [1.54, 1.807) is 29.0 Å². The molecule has 0 aliphatic carbocycles. The molecule has 0 radical (unpaired) electrons. The van der Waals surface area contributed by atoms with Gasteiger partial charge in [-0.25, -0.2) is 4.79 Å². The number of carbonyl (C=O) groups excluding carboxylic acids is 2. The van der Waals surface area contributed by atoms with Crippen molar-refractivity contribution in [3.63, 3.8) is 0 Å². The fraction of sp³-hybridized carbons (Fsp3) is 0.467. The summed E-state index contributed by atoms with van der Waals surface area (Å²) in [5.74, 6) is -0.361. The quantitative estimate of drug-likeness (QED) is 0.744. The van der Waals surface area contributed by atoms with E-state index in [9.17, 15) is 9.59 Å². The van der Waals surface area contributed by atoms with Crippen molar-refractivity contribution in [1.29, 1.82) is 0 Å². The Morgan fingerprint density at radius 1 is 1.15 bits per heavy atom. The van der Waals surface area contributed by atoms with Gasteiger partial charge in [0.2, 0.25) is 5.91 Å². The Morgan fingerprint density at radius 2 is 1.75 bits per heavy atom. The van der Waals surface area contributed by atoms with Gasteiger partial charge in [0.1, 0.15) is 0 Å². The van der Waals surface area contributed by atoms with E-state index in [4.69, 9.17) is 4.74 Å². The standard InChI is InChI=1S/C15H22N2O3/c1-5-17(6-2)14(18)11-16(3)13-10-8-7-9-12(13)15(19)20-4/h7-10H,5-6,11H2,1-4H3. The van der Waals surface area contributed by atoms with Crippen LogP contribution in [-0.4, -0.2) is 50.6 Å². The number of amides is 1. The van der Waals surface area contributed by atoms with Crippen molar-refractivity contribution in [3.05, 3.63) is 29.8 Å². The van der Waals surface area contributed by atoms with Crippen LogP contribution in [0.4, 0.5) is 5.69 Å². The summed E-state index contributed by atoms with van der Waals surface area (Å²) in [6.45, 7) is 5.49. The number of carbonyl (C=O) groups is 2. The van der Waals surface area contributed by atoms with Crippen LogP contribution in [0.1, 0.15) is 24.2 Å². The average Bonchev–Trinajstić information content (AvgIpc) is 2.47. The molecule has 0 spiro atoms. The maximum Gasteiger partial charge on any atom is 0.339 e. The molecule has 0 saturated carbocycles. The third kappa shape index (κ3) is 3.73. The lowest BCUT2D eigenvalue weighted by Crippen LogP contribution is -2.39. The molecule has 0 aromatic heterocycles. The molecule has 1 amide bonds. The Labute approximate surface area is 120 Å². The highest BCUT2D eigenvalue weighted by Crippen LogP contribution is 2.19. The van der Waals surface area contributed by atoms with Crippen LogP contribution < -0.4 is 4.90 Å². The number of hydrogen-bond acceptors (Lipinski definition) is 4. The number of methoxy groups -OCH3 is 1. The SMILES string of the molecule is CCN(CC)C(=O)CN(C)c1ccccc1C(=O)OC. The van der Waals surface area contributed by atoms with E-state index in [1.807, 2.05) is 26.0 Å². The van der Waals surface area contributed by atoms with Crippen molar-refractivity contribution in [1.82, 2.24) is 4.90 Å². The van der Waals surface area contributed by atoms with Gasteiger partial charge in [0, 0.05) is 20.1 Å². The number of rotatable bonds is 6. The number of ether oxygens (including phenoxy) is 1. The van der Waals surface area contributed by atoms with E-state index in [-0.39, 0.29) is 12.5 Å². The monoisotopic (exact) mass is 278 g/mol. The molecule has 1 aromatic rings. The van der Waals surface area contributed by atoms with Crippen LogP contribution >= 0.6 is 0 Å². The van der Waals surface area contributed by atoms with Crippen LogP contribution in [0.15, 0.2) is 24.3 Å². The maximum absolute atomic E-state index is 12.1. The van der Waals surface area contributed by atoms with Crippen LogP contribution in [-0.2, 0) is 9.53 Å². The number of nitrogens with zero attached hydrogens (tertiary/aromatic N) is 2. The zero-order valence-electron chi connectivity index (χ0n) is 12.5. The van der Waals surface area contributed by atoms with Crippen molar-refractivity contribution in [2.24, 2.45) is 0 Å². The van der Waals surface area contributed by atoms with Crippen LogP contribution in [0.25, 0.3) is 0 Å². The minimum absolute atomic E-state index is 0.0390. The van der Waals surface area contributed by atoms with E-state index < -0.39 is 5.97 Å². The van der Waals surface area contributed by atoms with Gasteiger partial charge in [-0.1, -0.05) is 12.1 Å². The van der Waals surface area contributed by atoms with Crippen molar-refractivity contribution in [2.75, 3.05) is 38.7 Å². The molecule has 5 nitrogen and oxygen atoms in total. The number of likely N-dealkylation sites (N-methyl/N-ethyl adjacent to an activating group) is 2. The lowest BCUT2D eigenvalue weighted by Gasteiger charge is -2.25. The lowest BCUT2D eigenvalue weighted by atomic mass is 10.1. The molecule has 0 heterocycles. The summed E-state index contributed by atoms with van der Waals surface area (Å²) in [5, 5.41) is 0. The zero-order valence-corrected chi connectivity index (χ0v) is 12.5. The van der Waals surface area contributed by atoms with Gasteiger partial charge >= 0.3 is 5.97 Å². The van der Waals surface area contributed by atoms with Gasteiger partial charge in [-0.15, -0.1) is 0 Å². The number of benzene rings is 1. The summed E-state index contributed by atoms with van der Waals surface area (Å²) < 4.78 is 4.76. The summed E-state index contributed by atoms with van der Waals surface area (Å²) in [6, 6.07) is 7.11. The van der Waals surface area contributed by atoms with Crippen molar-refractivity contribution >= 4 is 17.6 Å². The van der Waals surface area contributed by atoms with Gasteiger partial charge in [0.15, 0.2) is 0 Å². The minimum Gasteiger partial charge on any atom is -0.465 e. The Balaban J connectivity index is 2.90.